The van der Waals surface area contributed by atoms with E-state index in [-0.39, 0.29) is 5.92 Å². The van der Waals surface area contributed by atoms with E-state index < -0.39 is 0 Å². The van der Waals surface area contributed by atoms with Crippen LogP contribution in [0.3, 0.4) is 0 Å². The minimum atomic E-state index is 0.256. The van der Waals surface area contributed by atoms with Crippen molar-refractivity contribution in [3.05, 3.63) is 83.5 Å². The zero-order valence-corrected chi connectivity index (χ0v) is 18.1. The minimum absolute atomic E-state index is 0.256. The molecule has 3 rings (SSSR count). The summed E-state index contributed by atoms with van der Waals surface area (Å²) in [4.78, 5) is 6.56. The van der Waals surface area contributed by atoms with Gasteiger partial charge in [-0.1, -0.05) is 42.5 Å². The van der Waals surface area contributed by atoms with Gasteiger partial charge < -0.3 is 14.7 Å². The maximum atomic E-state index is 2.41. The molecule has 0 N–H and O–H groups in total. The second-order valence-electron chi connectivity index (χ2n) is 8.23. The number of anilines is 2. The van der Waals surface area contributed by atoms with Crippen molar-refractivity contribution in [3.63, 3.8) is 0 Å². The van der Waals surface area contributed by atoms with Crippen LogP contribution in [-0.2, 0) is 0 Å². The number of nitrogens with zero attached hydrogens (tertiary/aromatic N) is 3. The van der Waals surface area contributed by atoms with Crippen molar-refractivity contribution in [1.82, 2.24) is 4.90 Å². The van der Waals surface area contributed by atoms with Gasteiger partial charge in [0.05, 0.1) is 0 Å². The summed E-state index contributed by atoms with van der Waals surface area (Å²) in [6, 6.07) is 18.4. The van der Waals surface area contributed by atoms with Gasteiger partial charge in [0, 0.05) is 51.5 Å². The average molecular weight is 376 g/mol. The van der Waals surface area contributed by atoms with Gasteiger partial charge in [-0.05, 0) is 61.5 Å². The van der Waals surface area contributed by atoms with Crippen LogP contribution in [0.5, 0.6) is 0 Å². The fourth-order valence-corrected chi connectivity index (χ4v) is 3.73. The first-order valence-electron chi connectivity index (χ1n) is 9.96. The van der Waals surface area contributed by atoms with E-state index in [0.717, 1.165) is 6.42 Å². The van der Waals surface area contributed by atoms with Crippen LogP contribution in [0.1, 0.15) is 23.5 Å². The summed E-state index contributed by atoms with van der Waals surface area (Å²) >= 11 is 0. The average Bonchev–Trinajstić information content (AvgIpc) is 2.69. The summed E-state index contributed by atoms with van der Waals surface area (Å²) in [6.07, 6.45) is 8.12. The molecule has 1 aliphatic carbocycles. The van der Waals surface area contributed by atoms with E-state index in [1.807, 2.05) is 0 Å². The minimum Gasteiger partial charge on any atom is -0.378 e. The Balaban J connectivity index is 1.98. The number of hydrogen-bond acceptors (Lipinski definition) is 3. The van der Waals surface area contributed by atoms with Crippen LogP contribution in [0.25, 0.3) is 0 Å². The molecule has 0 aliphatic heterocycles. The lowest BCUT2D eigenvalue weighted by Gasteiger charge is -2.27. The molecule has 0 spiro atoms. The lowest BCUT2D eigenvalue weighted by Crippen LogP contribution is -2.26. The van der Waals surface area contributed by atoms with E-state index in [1.165, 1.54) is 28.1 Å². The van der Waals surface area contributed by atoms with Gasteiger partial charge in [0.25, 0.3) is 0 Å². The largest absolute Gasteiger partial charge is 0.378 e. The Kier molecular flexibility index (Phi) is 6.25. The highest BCUT2D eigenvalue weighted by Crippen LogP contribution is 2.36. The molecule has 148 valence electrons. The van der Waals surface area contributed by atoms with Gasteiger partial charge in [-0.2, -0.15) is 0 Å². The molecule has 3 nitrogen and oxygen atoms in total. The third-order valence-electron chi connectivity index (χ3n) is 5.59. The number of benzene rings is 2. The number of allylic oxidation sites excluding steroid dienone is 2. The molecule has 0 fully saturated rings. The third kappa shape index (κ3) is 4.48. The van der Waals surface area contributed by atoms with Gasteiger partial charge in [0.15, 0.2) is 0 Å². The molecule has 0 saturated carbocycles. The highest BCUT2D eigenvalue weighted by atomic mass is 15.1. The number of likely N-dealkylation sites (N-methyl/N-ethyl adjacent to an activating group) is 1. The molecule has 0 saturated heterocycles. The van der Waals surface area contributed by atoms with Gasteiger partial charge in [-0.15, -0.1) is 0 Å². The summed E-state index contributed by atoms with van der Waals surface area (Å²) in [6.45, 7) is 0. The molecule has 1 aliphatic rings. The second kappa shape index (κ2) is 8.66. The Labute approximate surface area is 170 Å². The standard InChI is InChI=1S/C25H33N3/c1-26(2)22-13-7-19(8-14-22)25(20-9-15-23(16-10-20)27(3)4)21-11-17-24(18-12-21)28(5)6/h7-17,24-25H,18H2,1-6H3. The van der Waals surface area contributed by atoms with E-state index in [2.05, 4.69) is 124 Å². The zero-order chi connectivity index (χ0) is 20.3. The highest BCUT2D eigenvalue weighted by molar-refractivity contribution is 5.54. The molecule has 0 amide bonds. The number of rotatable bonds is 6. The Morgan fingerprint density at radius 1 is 0.714 bits per heavy atom. The molecule has 28 heavy (non-hydrogen) atoms. The molecule has 0 radical (unpaired) electrons. The van der Waals surface area contributed by atoms with Crippen molar-refractivity contribution in [2.45, 2.75) is 18.4 Å². The Hall–Kier alpha value is -2.52. The summed E-state index contributed by atoms with van der Waals surface area (Å²) in [5, 5.41) is 0. The van der Waals surface area contributed by atoms with Gasteiger partial charge in [-0.3, -0.25) is 0 Å². The van der Waals surface area contributed by atoms with Crippen molar-refractivity contribution in [1.29, 1.82) is 0 Å². The van der Waals surface area contributed by atoms with Gasteiger partial charge in [-0.25, -0.2) is 0 Å². The molecular weight excluding hydrogens is 342 g/mol. The Bertz CT molecular complexity index is 776. The van der Waals surface area contributed by atoms with Crippen molar-refractivity contribution in [2.75, 3.05) is 52.1 Å². The maximum absolute atomic E-state index is 2.41. The Morgan fingerprint density at radius 3 is 1.50 bits per heavy atom. The zero-order valence-electron chi connectivity index (χ0n) is 18.1. The molecule has 1 atom stereocenters. The molecule has 3 heteroatoms. The van der Waals surface area contributed by atoms with Crippen molar-refractivity contribution in [2.24, 2.45) is 0 Å². The highest BCUT2D eigenvalue weighted by Gasteiger charge is 2.21. The monoisotopic (exact) mass is 375 g/mol. The van der Waals surface area contributed by atoms with Gasteiger partial charge in [0.2, 0.25) is 0 Å². The van der Waals surface area contributed by atoms with Gasteiger partial charge in [0.1, 0.15) is 0 Å². The van der Waals surface area contributed by atoms with Crippen molar-refractivity contribution in [3.8, 4) is 0 Å². The van der Waals surface area contributed by atoms with Crippen molar-refractivity contribution < 1.29 is 0 Å². The predicted octanol–water partition coefficient (Wildman–Crippen LogP) is 4.77. The van der Waals surface area contributed by atoms with E-state index >= 15 is 0 Å². The third-order valence-corrected chi connectivity index (χ3v) is 5.59. The molecular formula is C25H33N3. The molecule has 1 unspecified atom stereocenters. The lowest BCUT2D eigenvalue weighted by molar-refractivity contribution is 0.343. The van der Waals surface area contributed by atoms with E-state index in [0.29, 0.717) is 6.04 Å². The second-order valence-corrected chi connectivity index (χ2v) is 8.23. The van der Waals surface area contributed by atoms with Crippen LogP contribution in [0.2, 0.25) is 0 Å². The van der Waals surface area contributed by atoms with Crippen LogP contribution in [-0.4, -0.2) is 53.2 Å². The van der Waals surface area contributed by atoms with Crippen LogP contribution < -0.4 is 9.80 Å². The predicted molar refractivity (Wildman–Crippen MR) is 123 cm³/mol. The van der Waals surface area contributed by atoms with E-state index in [1.54, 1.807) is 0 Å². The summed E-state index contributed by atoms with van der Waals surface area (Å²) < 4.78 is 0. The van der Waals surface area contributed by atoms with Crippen LogP contribution in [0, 0.1) is 0 Å². The molecule has 2 aromatic rings. The van der Waals surface area contributed by atoms with Crippen molar-refractivity contribution >= 4 is 11.4 Å². The maximum Gasteiger partial charge on any atom is 0.0361 e. The fourth-order valence-electron chi connectivity index (χ4n) is 3.73. The normalized spacial score (nSPS) is 16.4. The fraction of sp³-hybridized carbons (Fsp3) is 0.360. The summed E-state index contributed by atoms with van der Waals surface area (Å²) in [7, 11) is 12.6. The smallest absolute Gasteiger partial charge is 0.0361 e. The molecule has 0 aromatic heterocycles. The lowest BCUT2D eigenvalue weighted by atomic mass is 9.82. The molecule has 0 bridgehead atoms. The Morgan fingerprint density at radius 2 is 1.18 bits per heavy atom. The topological polar surface area (TPSA) is 9.72 Å². The number of hydrogen-bond donors (Lipinski definition) is 0. The quantitative estimate of drug-likeness (QED) is 0.720. The summed E-state index contributed by atoms with van der Waals surface area (Å²) in [5.41, 5.74) is 6.51. The first-order valence-corrected chi connectivity index (χ1v) is 9.96. The van der Waals surface area contributed by atoms with Crippen LogP contribution >= 0.6 is 0 Å². The van der Waals surface area contributed by atoms with Crippen LogP contribution in [0.15, 0.2) is 72.3 Å². The molecule has 0 heterocycles. The SMILES string of the molecule is CN(C)c1ccc(C(C2=CCC(N(C)C)C=C2)c2ccc(N(C)C)cc2)cc1. The van der Waals surface area contributed by atoms with E-state index in [9.17, 15) is 0 Å². The van der Waals surface area contributed by atoms with Crippen LogP contribution in [0.4, 0.5) is 11.4 Å². The van der Waals surface area contributed by atoms with E-state index in [4.69, 9.17) is 0 Å². The first kappa shape index (κ1) is 20.2. The van der Waals surface area contributed by atoms with Gasteiger partial charge >= 0.3 is 0 Å². The molecule has 2 aromatic carbocycles. The summed E-state index contributed by atoms with van der Waals surface area (Å²) in [5.74, 6) is 0.256. The first-order chi connectivity index (χ1) is 13.4.